The van der Waals surface area contributed by atoms with Crippen LogP contribution < -0.4 is 11.1 Å². The predicted octanol–water partition coefficient (Wildman–Crippen LogP) is 2.93. The number of thiophene rings is 1. The minimum absolute atomic E-state index is 0.0417. The quantitative estimate of drug-likeness (QED) is 0.813. The van der Waals surface area contributed by atoms with E-state index in [0.717, 1.165) is 32.5 Å². The highest BCUT2D eigenvalue weighted by Crippen LogP contribution is 2.49. The summed E-state index contributed by atoms with van der Waals surface area (Å²) in [5.74, 6) is 0. The average molecular weight is 296 g/mol. The van der Waals surface area contributed by atoms with Crippen molar-refractivity contribution in [2.45, 2.75) is 58.7 Å². The molecule has 0 radical (unpaired) electrons. The number of nitrogens with one attached hydrogen (secondary N) is 1. The molecule has 1 heterocycles. The van der Waals surface area contributed by atoms with E-state index in [0.29, 0.717) is 6.10 Å². The van der Waals surface area contributed by atoms with Crippen molar-refractivity contribution in [3.8, 4) is 0 Å². The van der Waals surface area contributed by atoms with Gasteiger partial charge in [0, 0.05) is 40.4 Å². The first kappa shape index (κ1) is 16.0. The van der Waals surface area contributed by atoms with Crippen LogP contribution in [0.5, 0.6) is 0 Å². The van der Waals surface area contributed by atoms with Gasteiger partial charge in [-0.15, -0.1) is 11.3 Å². The SMILES string of the molecule is CCOC1CC(N)(CNCc2ccc(CC)s2)C1(C)C. The second-order valence-electron chi connectivity index (χ2n) is 6.35. The normalized spacial score (nSPS) is 28.4. The highest BCUT2D eigenvalue weighted by molar-refractivity contribution is 7.11. The zero-order valence-electron chi connectivity index (χ0n) is 13.2. The molecule has 4 heteroatoms. The van der Waals surface area contributed by atoms with Crippen molar-refractivity contribution in [1.82, 2.24) is 5.32 Å². The van der Waals surface area contributed by atoms with Crippen LogP contribution in [0.15, 0.2) is 12.1 Å². The van der Waals surface area contributed by atoms with Crippen LogP contribution in [0.4, 0.5) is 0 Å². The van der Waals surface area contributed by atoms with Gasteiger partial charge in [0.25, 0.3) is 0 Å². The third-order valence-corrected chi connectivity index (χ3v) is 6.04. The van der Waals surface area contributed by atoms with Crippen LogP contribution in [-0.2, 0) is 17.7 Å². The van der Waals surface area contributed by atoms with Crippen LogP contribution in [0, 0.1) is 5.41 Å². The Morgan fingerprint density at radius 2 is 2.05 bits per heavy atom. The number of hydrogen-bond acceptors (Lipinski definition) is 4. The summed E-state index contributed by atoms with van der Waals surface area (Å²) in [4.78, 5) is 2.84. The van der Waals surface area contributed by atoms with Gasteiger partial charge in [-0.25, -0.2) is 0 Å². The lowest BCUT2D eigenvalue weighted by Crippen LogP contribution is -2.73. The summed E-state index contributed by atoms with van der Waals surface area (Å²) >= 11 is 1.89. The second-order valence-corrected chi connectivity index (χ2v) is 7.60. The molecule has 0 aliphatic heterocycles. The molecule has 0 amide bonds. The van der Waals surface area contributed by atoms with Crippen LogP contribution >= 0.6 is 11.3 Å². The summed E-state index contributed by atoms with van der Waals surface area (Å²) in [6, 6.07) is 4.44. The van der Waals surface area contributed by atoms with E-state index in [-0.39, 0.29) is 11.0 Å². The zero-order valence-corrected chi connectivity index (χ0v) is 14.0. The van der Waals surface area contributed by atoms with Crippen molar-refractivity contribution < 1.29 is 4.74 Å². The highest BCUT2D eigenvalue weighted by Gasteiger charge is 2.58. The Labute approximate surface area is 126 Å². The van der Waals surface area contributed by atoms with E-state index in [2.05, 4.69) is 38.2 Å². The highest BCUT2D eigenvalue weighted by atomic mass is 32.1. The Morgan fingerprint density at radius 3 is 2.60 bits per heavy atom. The molecule has 0 saturated heterocycles. The smallest absolute Gasteiger partial charge is 0.0662 e. The molecule has 20 heavy (non-hydrogen) atoms. The molecule has 1 aromatic rings. The Bertz CT molecular complexity index is 443. The van der Waals surface area contributed by atoms with Crippen molar-refractivity contribution in [3.05, 3.63) is 21.9 Å². The summed E-state index contributed by atoms with van der Waals surface area (Å²) in [7, 11) is 0. The van der Waals surface area contributed by atoms with Crippen LogP contribution in [0.1, 0.15) is 43.9 Å². The Balaban J connectivity index is 1.82. The Kier molecular flexibility index (Phi) is 4.90. The maximum Gasteiger partial charge on any atom is 0.0662 e. The van der Waals surface area contributed by atoms with Gasteiger partial charge in [0.05, 0.1) is 6.10 Å². The maximum atomic E-state index is 6.56. The maximum absolute atomic E-state index is 6.56. The third-order valence-electron chi connectivity index (χ3n) is 4.81. The molecular formula is C16H28N2OS. The van der Waals surface area contributed by atoms with Gasteiger partial charge in [0.2, 0.25) is 0 Å². The standard InChI is InChI=1S/C16H28N2OS/c1-5-12-7-8-13(20-12)10-18-11-16(17)9-14(19-6-2)15(16,3)4/h7-8,14,18H,5-6,9-11,17H2,1-4H3. The summed E-state index contributed by atoms with van der Waals surface area (Å²) in [6.07, 6.45) is 2.37. The summed E-state index contributed by atoms with van der Waals surface area (Å²) in [5, 5.41) is 3.53. The van der Waals surface area contributed by atoms with Crippen molar-refractivity contribution >= 4 is 11.3 Å². The van der Waals surface area contributed by atoms with E-state index >= 15 is 0 Å². The number of hydrogen-bond donors (Lipinski definition) is 2. The van der Waals surface area contributed by atoms with Crippen LogP contribution in [0.25, 0.3) is 0 Å². The number of ether oxygens (including phenoxy) is 1. The van der Waals surface area contributed by atoms with E-state index in [4.69, 9.17) is 10.5 Å². The molecule has 1 aliphatic carbocycles. The minimum Gasteiger partial charge on any atom is -0.378 e. The second kappa shape index (κ2) is 6.14. The lowest BCUT2D eigenvalue weighted by Gasteiger charge is -2.59. The lowest BCUT2D eigenvalue weighted by molar-refractivity contribution is -0.148. The molecule has 1 aromatic heterocycles. The molecule has 2 atom stereocenters. The predicted molar refractivity (Wildman–Crippen MR) is 86.1 cm³/mol. The molecule has 0 spiro atoms. The van der Waals surface area contributed by atoms with E-state index in [1.807, 2.05) is 18.3 Å². The van der Waals surface area contributed by atoms with Gasteiger partial charge in [-0.2, -0.15) is 0 Å². The van der Waals surface area contributed by atoms with Gasteiger partial charge in [-0.1, -0.05) is 20.8 Å². The Morgan fingerprint density at radius 1 is 1.35 bits per heavy atom. The third kappa shape index (κ3) is 2.93. The van der Waals surface area contributed by atoms with Crippen molar-refractivity contribution in [1.29, 1.82) is 0 Å². The molecule has 3 nitrogen and oxygen atoms in total. The first-order valence-corrected chi connectivity index (χ1v) is 8.43. The molecule has 2 rings (SSSR count). The van der Waals surface area contributed by atoms with Gasteiger partial charge in [-0.05, 0) is 31.9 Å². The summed E-state index contributed by atoms with van der Waals surface area (Å²) in [5.41, 5.74) is 6.44. The average Bonchev–Trinajstić information content (AvgIpc) is 2.86. The largest absolute Gasteiger partial charge is 0.378 e. The Hall–Kier alpha value is -0.420. The van der Waals surface area contributed by atoms with E-state index in [9.17, 15) is 0 Å². The van der Waals surface area contributed by atoms with Crippen LogP contribution in [0.2, 0.25) is 0 Å². The molecule has 1 saturated carbocycles. The molecule has 1 aliphatic rings. The van der Waals surface area contributed by atoms with E-state index < -0.39 is 0 Å². The number of rotatable bonds is 7. The van der Waals surface area contributed by atoms with Gasteiger partial charge in [0.15, 0.2) is 0 Å². The van der Waals surface area contributed by atoms with Crippen molar-refractivity contribution in [2.75, 3.05) is 13.2 Å². The lowest BCUT2D eigenvalue weighted by atomic mass is 9.54. The molecule has 0 bridgehead atoms. The summed E-state index contributed by atoms with van der Waals surface area (Å²) < 4.78 is 5.77. The topological polar surface area (TPSA) is 47.3 Å². The van der Waals surface area contributed by atoms with Gasteiger partial charge >= 0.3 is 0 Å². The first-order valence-electron chi connectivity index (χ1n) is 7.61. The molecule has 1 fully saturated rings. The molecule has 114 valence electrons. The van der Waals surface area contributed by atoms with Gasteiger partial charge in [0.1, 0.15) is 0 Å². The van der Waals surface area contributed by atoms with Crippen LogP contribution in [-0.4, -0.2) is 24.8 Å². The molecule has 3 N–H and O–H groups in total. The van der Waals surface area contributed by atoms with E-state index in [1.54, 1.807) is 0 Å². The van der Waals surface area contributed by atoms with Gasteiger partial charge in [-0.3, -0.25) is 0 Å². The number of aryl methyl sites for hydroxylation is 1. The van der Waals surface area contributed by atoms with Gasteiger partial charge < -0.3 is 15.8 Å². The van der Waals surface area contributed by atoms with Crippen molar-refractivity contribution in [3.63, 3.8) is 0 Å². The fourth-order valence-corrected chi connectivity index (χ4v) is 3.85. The first-order chi connectivity index (χ1) is 9.43. The molecule has 0 aromatic carbocycles. The fraction of sp³-hybridized carbons (Fsp3) is 0.750. The molecule has 2 unspecified atom stereocenters. The minimum atomic E-state index is -0.155. The van der Waals surface area contributed by atoms with Crippen molar-refractivity contribution in [2.24, 2.45) is 11.1 Å². The van der Waals surface area contributed by atoms with E-state index in [1.165, 1.54) is 9.75 Å². The monoisotopic (exact) mass is 296 g/mol. The summed E-state index contributed by atoms with van der Waals surface area (Å²) in [6.45, 7) is 11.2. The molecular weight excluding hydrogens is 268 g/mol. The van der Waals surface area contributed by atoms with Crippen LogP contribution in [0.3, 0.4) is 0 Å². The fourth-order valence-electron chi connectivity index (χ4n) is 2.92. The number of nitrogens with two attached hydrogens (primary N) is 1. The zero-order chi connectivity index (χ0) is 14.8.